The lowest BCUT2D eigenvalue weighted by atomic mass is 10.2. The van der Waals surface area contributed by atoms with E-state index in [0.29, 0.717) is 11.4 Å². The van der Waals surface area contributed by atoms with Crippen LogP contribution in [0.1, 0.15) is 18.1 Å². The summed E-state index contributed by atoms with van der Waals surface area (Å²) in [6, 6.07) is 8.86. The van der Waals surface area contributed by atoms with Gasteiger partial charge in [0.15, 0.2) is 0 Å². The summed E-state index contributed by atoms with van der Waals surface area (Å²) in [7, 11) is -3.44. The molecule has 1 heterocycles. The highest BCUT2D eigenvalue weighted by atomic mass is 32.2. The molecule has 6 heteroatoms. The molecule has 0 bridgehead atoms. The molecule has 0 atom stereocenters. The van der Waals surface area contributed by atoms with Crippen molar-refractivity contribution in [3.8, 4) is 0 Å². The molecule has 0 aliphatic heterocycles. The molecule has 20 heavy (non-hydrogen) atoms. The van der Waals surface area contributed by atoms with E-state index in [9.17, 15) is 8.42 Å². The summed E-state index contributed by atoms with van der Waals surface area (Å²) in [5.74, 6) is 0. The number of nitrogens with one attached hydrogen (secondary N) is 2. The zero-order chi connectivity index (χ0) is 14.4. The quantitative estimate of drug-likeness (QED) is 0.825. The third-order valence-corrected chi connectivity index (χ3v) is 5.01. The van der Waals surface area contributed by atoms with E-state index in [0.717, 1.165) is 24.2 Å². The molecule has 0 amide bonds. The van der Waals surface area contributed by atoms with Crippen LogP contribution in [0.3, 0.4) is 0 Å². The third kappa shape index (κ3) is 4.14. The Hall–Kier alpha value is -1.21. The van der Waals surface area contributed by atoms with E-state index in [4.69, 9.17) is 0 Å². The van der Waals surface area contributed by atoms with Crippen LogP contribution in [-0.2, 0) is 23.1 Å². The molecular weight excluding hydrogens is 292 g/mol. The molecule has 0 spiro atoms. The fraction of sp³-hybridized carbons (Fsp3) is 0.286. The first-order valence-corrected chi connectivity index (χ1v) is 8.85. The topological polar surface area (TPSA) is 58.2 Å². The molecule has 0 radical (unpaired) electrons. The Labute approximate surface area is 123 Å². The minimum absolute atomic E-state index is 0.299. The Balaban J connectivity index is 2.01. The maximum atomic E-state index is 12.1. The lowest BCUT2D eigenvalue weighted by Crippen LogP contribution is -2.23. The van der Waals surface area contributed by atoms with Gasteiger partial charge in [-0.2, -0.15) is 11.3 Å². The van der Waals surface area contributed by atoms with Gasteiger partial charge in [-0.25, -0.2) is 13.1 Å². The molecule has 108 valence electrons. The van der Waals surface area contributed by atoms with Gasteiger partial charge in [0.1, 0.15) is 0 Å². The monoisotopic (exact) mass is 310 g/mol. The lowest BCUT2D eigenvalue weighted by Gasteiger charge is -2.07. The first-order chi connectivity index (χ1) is 9.62. The predicted octanol–water partition coefficient (Wildman–Crippen LogP) is 2.34. The van der Waals surface area contributed by atoms with Gasteiger partial charge in [-0.05, 0) is 46.6 Å². The van der Waals surface area contributed by atoms with Crippen molar-refractivity contribution in [3.05, 3.63) is 52.2 Å². The van der Waals surface area contributed by atoms with Crippen molar-refractivity contribution in [1.82, 2.24) is 10.0 Å². The smallest absolute Gasteiger partial charge is 0.240 e. The van der Waals surface area contributed by atoms with Crippen molar-refractivity contribution < 1.29 is 8.42 Å². The number of rotatable bonds is 7. The van der Waals surface area contributed by atoms with Crippen LogP contribution in [0, 0.1) is 0 Å². The second kappa shape index (κ2) is 6.99. The Kier molecular flexibility index (Phi) is 5.31. The van der Waals surface area contributed by atoms with E-state index in [-0.39, 0.29) is 0 Å². The van der Waals surface area contributed by atoms with Gasteiger partial charge < -0.3 is 5.32 Å². The van der Waals surface area contributed by atoms with Crippen molar-refractivity contribution in [2.24, 2.45) is 0 Å². The summed E-state index contributed by atoms with van der Waals surface area (Å²) in [5.41, 5.74) is 2.05. The number of hydrogen-bond donors (Lipinski definition) is 2. The van der Waals surface area contributed by atoms with E-state index in [1.165, 1.54) is 0 Å². The molecule has 2 N–H and O–H groups in total. The van der Waals surface area contributed by atoms with Crippen molar-refractivity contribution in [3.63, 3.8) is 0 Å². The molecule has 0 saturated carbocycles. The molecule has 1 aromatic carbocycles. The largest absolute Gasteiger partial charge is 0.313 e. The van der Waals surface area contributed by atoms with Gasteiger partial charge in [0.2, 0.25) is 10.0 Å². The van der Waals surface area contributed by atoms with Gasteiger partial charge in [0, 0.05) is 13.1 Å². The zero-order valence-electron chi connectivity index (χ0n) is 11.3. The van der Waals surface area contributed by atoms with E-state index in [2.05, 4.69) is 10.0 Å². The number of benzene rings is 1. The van der Waals surface area contributed by atoms with Crippen molar-refractivity contribution in [2.45, 2.75) is 24.9 Å². The molecule has 0 fully saturated rings. The highest BCUT2D eigenvalue weighted by Crippen LogP contribution is 2.12. The minimum Gasteiger partial charge on any atom is -0.313 e. The maximum absolute atomic E-state index is 12.1. The average molecular weight is 310 g/mol. The minimum atomic E-state index is -3.44. The van der Waals surface area contributed by atoms with Gasteiger partial charge in [0.05, 0.1) is 4.90 Å². The molecule has 4 nitrogen and oxygen atoms in total. The molecule has 2 aromatic rings. The number of thiophene rings is 1. The van der Waals surface area contributed by atoms with Crippen LogP contribution in [0.15, 0.2) is 46.0 Å². The van der Waals surface area contributed by atoms with Gasteiger partial charge in [-0.3, -0.25) is 0 Å². The van der Waals surface area contributed by atoms with Crippen LogP contribution in [-0.4, -0.2) is 15.0 Å². The van der Waals surface area contributed by atoms with Crippen molar-refractivity contribution >= 4 is 21.4 Å². The Bertz CT molecular complexity index is 620. The zero-order valence-corrected chi connectivity index (χ0v) is 12.9. The predicted molar refractivity (Wildman–Crippen MR) is 82.2 cm³/mol. The maximum Gasteiger partial charge on any atom is 0.240 e. The highest BCUT2D eigenvalue weighted by Gasteiger charge is 2.13. The summed E-state index contributed by atoms with van der Waals surface area (Å²) in [6.07, 6.45) is 0. The molecule has 1 aromatic heterocycles. The summed E-state index contributed by atoms with van der Waals surface area (Å²) >= 11 is 1.55. The summed E-state index contributed by atoms with van der Waals surface area (Å²) < 4.78 is 26.9. The molecule has 0 saturated heterocycles. The van der Waals surface area contributed by atoms with Crippen LogP contribution in [0.2, 0.25) is 0 Å². The average Bonchev–Trinajstić information content (AvgIpc) is 2.97. The first kappa shape index (κ1) is 15.2. The van der Waals surface area contributed by atoms with E-state index in [1.54, 1.807) is 23.5 Å². The second-order valence-electron chi connectivity index (χ2n) is 4.38. The van der Waals surface area contributed by atoms with Crippen molar-refractivity contribution in [2.75, 3.05) is 6.54 Å². The fourth-order valence-corrected chi connectivity index (χ4v) is 3.40. The third-order valence-electron chi connectivity index (χ3n) is 2.86. The van der Waals surface area contributed by atoms with Gasteiger partial charge in [-0.15, -0.1) is 0 Å². The van der Waals surface area contributed by atoms with Gasteiger partial charge >= 0.3 is 0 Å². The summed E-state index contributed by atoms with van der Waals surface area (Å²) in [5, 5.41) is 7.06. The van der Waals surface area contributed by atoms with Crippen LogP contribution in [0.5, 0.6) is 0 Å². The number of hydrogen-bond acceptors (Lipinski definition) is 4. The SMILES string of the molecule is CCNCc1ccc(S(=O)(=O)NCc2ccsc2)cc1. The molecular formula is C14H18N2O2S2. The molecule has 0 aliphatic rings. The summed E-state index contributed by atoms with van der Waals surface area (Å²) in [6.45, 7) is 4.00. The van der Waals surface area contributed by atoms with E-state index >= 15 is 0 Å². The normalized spacial score (nSPS) is 11.7. The van der Waals surface area contributed by atoms with Crippen LogP contribution in [0.25, 0.3) is 0 Å². The molecule has 0 aliphatic carbocycles. The lowest BCUT2D eigenvalue weighted by molar-refractivity contribution is 0.581. The fourth-order valence-electron chi connectivity index (χ4n) is 1.71. The van der Waals surface area contributed by atoms with Gasteiger partial charge in [0.25, 0.3) is 0 Å². The van der Waals surface area contributed by atoms with Crippen LogP contribution in [0.4, 0.5) is 0 Å². The van der Waals surface area contributed by atoms with Crippen LogP contribution >= 0.6 is 11.3 Å². The second-order valence-corrected chi connectivity index (χ2v) is 6.93. The Morgan fingerprint density at radius 3 is 2.40 bits per heavy atom. The van der Waals surface area contributed by atoms with Crippen LogP contribution < -0.4 is 10.0 Å². The molecule has 2 rings (SSSR count). The Morgan fingerprint density at radius 2 is 1.80 bits per heavy atom. The Morgan fingerprint density at radius 1 is 1.05 bits per heavy atom. The highest BCUT2D eigenvalue weighted by molar-refractivity contribution is 7.89. The van der Waals surface area contributed by atoms with Gasteiger partial charge in [-0.1, -0.05) is 19.1 Å². The first-order valence-electron chi connectivity index (χ1n) is 6.42. The standard InChI is InChI=1S/C14H18N2O2S2/c1-2-15-9-12-3-5-14(6-4-12)20(17,18)16-10-13-7-8-19-11-13/h3-8,11,15-16H,2,9-10H2,1H3. The number of sulfonamides is 1. The summed E-state index contributed by atoms with van der Waals surface area (Å²) in [4.78, 5) is 0.299. The van der Waals surface area contributed by atoms with E-state index in [1.807, 2.05) is 35.9 Å². The molecule has 0 unspecified atom stereocenters. The van der Waals surface area contributed by atoms with Crippen molar-refractivity contribution in [1.29, 1.82) is 0 Å². The van der Waals surface area contributed by atoms with E-state index < -0.39 is 10.0 Å².